The van der Waals surface area contributed by atoms with Gasteiger partial charge < -0.3 is 9.57 Å². The summed E-state index contributed by atoms with van der Waals surface area (Å²) in [7, 11) is 1.67. The molecule has 2 aliphatic rings. The van der Waals surface area contributed by atoms with Crippen LogP contribution in [0.15, 0.2) is 4.99 Å². The fourth-order valence-electron chi connectivity index (χ4n) is 2.44. The Balaban J connectivity index is 1.78. The van der Waals surface area contributed by atoms with Gasteiger partial charge in [0, 0.05) is 13.5 Å². The lowest BCUT2D eigenvalue weighted by Crippen LogP contribution is -2.25. The summed E-state index contributed by atoms with van der Waals surface area (Å²) in [6.07, 6.45) is 4.96. The Kier molecular flexibility index (Phi) is 3.59. The molecule has 4 nitrogen and oxygen atoms in total. The molecule has 2 unspecified atom stereocenters. The molecule has 0 aromatic heterocycles. The van der Waals surface area contributed by atoms with Crippen molar-refractivity contribution in [2.45, 2.75) is 38.8 Å². The summed E-state index contributed by atoms with van der Waals surface area (Å²) in [5.74, 6) is 2.50. The second kappa shape index (κ2) is 4.94. The van der Waals surface area contributed by atoms with Crippen molar-refractivity contribution >= 4 is 5.90 Å². The number of hydrogen-bond donors (Lipinski definition) is 1. The van der Waals surface area contributed by atoms with Gasteiger partial charge in [-0.2, -0.15) is 0 Å². The first-order valence-electron chi connectivity index (χ1n) is 5.76. The van der Waals surface area contributed by atoms with Gasteiger partial charge in [-0.15, -0.1) is 5.48 Å². The zero-order chi connectivity index (χ0) is 10.7. The Hall–Kier alpha value is -0.610. The molecule has 0 spiro atoms. The first-order chi connectivity index (χ1) is 7.28. The molecule has 4 heteroatoms. The average molecular weight is 212 g/mol. The number of aliphatic imine (C=N–C) groups is 1. The van der Waals surface area contributed by atoms with E-state index in [1.165, 1.54) is 19.3 Å². The van der Waals surface area contributed by atoms with Crippen molar-refractivity contribution in [2.75, 3.05) is 13.7 Å². The fraction of sp³-hybridized carbons (Fsp3) is 0.909. The van der Waals surface area contributed by atoms with E-state index in [0.717, 1.165) is 24.2 Å². The SMILES string of the molecule is COCC1N=C(CC2CC[C@@H](C)C2)ON1. The molecule has 0 bridgehead atoms. The van der Waals surface area contributed by atoms with Crippen LogP contribution in [-0.2, 0) is 9.57 Å². The van der Waals surface area contributed by atoms with Crippen LogP contribution < -0.4 is 5.48 Å². The monoisotopic (exact) mass is 212 g/mol. The number of rotatable bonds is 4. The molecule has 0 radical (unpaired) electrons. The van der Waals surface area contributed by atoms with E-state index in [1.807, 2.05) is 0 Å². The minimum atomic E-state index is -0.0103. The van der Waals surface area contributed by atoms with Gasteiger partial charge in [-0.3, -0.25) is 0 Å². The van der Waals surface area contributed by atoms with Crippen LogP contribution in [0.25, 0.3) is 0 Å². The summed E-state index contributed by atoms with van der Waals surface area (Å²) >= 11 is 0. The van der Waals surface area contributed by atoms with Crippen molar-refractivity contribution in [2.24, 2.45) is 16.8 Å². The van der Waals surface area contributed by atoms with Crippen LogP contribution in [0.4, 0.5) is 0 Å². The first-order valence-corrected chi connectivity index (χ1v) is 5.76. The lowest BCUT2D eigenvalue weighted by atomic mass is 10.0. The van der Waals surface area contributed by atoms with Crippen LogP contribution in [0.1, 0.15) is 32.6 Å². The van der Waals surface area contributed by atoms with E-state index in [2.05, 4.69) is 17.4 Å². The lowest BCUT2D eigenvalue weighted by molar-refractivity contribution is 0.107. The van der Waals surface area contributed by atoms with E-state index in [1.54, 1.807) is 7.11 Å². The van der Waals surface area contributed by atoms with Gasteiger partial charge in [0.25, 0.3) is 0 Å². The molecule has 15 heavy (non-hydrogen) atoms. The quantitative estimate of drug-likeness (QED) is 0.771. The average Bonchev–Trinajstić information content (AvgIpc) is 2.78. The molecule has 0 aromatic carbocycles. The zero-order valence-electron chi connectivity index (χ0n) is 9.53. The lowest BCUT2D eigenvalue weighted by Gasteiger charge is -2.07. The van der Waals surface area contributed by atoms with Gasteiger partial charge in [-0.05, 0) is 24.7 Å². The summed E-state index contributed by atoms with van der Waals surface area (Å²) in [5.41, 5.74) is 2.86. The van der Waals surface area contributed by atoms with Crippen molar-refractivity contribution in [3.8, 4) is 0 Å². The maximum absolute atomic E-state index is 5.34. The Morgan fingerprint density at radius 1 is 1.53 bits per heavy atom. The first kappa shape index (κ1) is 10.9. The summed E-state index contributed by atoms with van der Waals surface area (Å²) < 4.78 is 5.01. The van der Waals surface area contributed by atoms with Crippen LogP contribution in [0.2, 0.25) is 0 Å². The van der Waals surface area contributed by atoms with Gasteiger partial charge in [0.05, 0.1) is 6.61 Å². The normalized spacial score (nSPS) is 35.3. The molecule has 1 aliphatic carbocycles. The fourth-order valence-corrected chi connectivity index (χ4v) is 2.44. The molecule has 86 valence electrons. The Morgan fingerprint density at radius 3 is 3.07 bits per heavy atom. The second-order valence-electron chi connectivity index (χ2n) is 4.70. The zero-order valence-corrected chi connectivity index (χ0v) is 9.53. The van der Waals surface area contributed by atoms with Gasteiger partial charge in [0.15, 0.2) is 6.17 Å². The largest absolute Gasteiger partial charge is 0.391 e. The van der Waals surface area contributed by atoms with Gasteiger partial charge >= 0.3 is 0 Å². The molecule has 1 saturated carbocycles. The Labute approximate surface area is 91.0 Å². The predicted molar refractivity (Wildman–Crippen MR) is 58.4 cm³/mol. The Bertz CT molecular complexity index is 243. The summed E-state index contributed by atoms with van der Waals surface area (Å²) in [5, 5.41) is 0. The molecule has 1 aliphatic heterocycles. The molecule has 0 amide bonds. The van der Waals surface area contributed by atoms with Gasteiger partial charge in [0.1, 0.15) is 0 Å². The van der Waals surface area contributed by atoms with Crippen molar-refractivity contribution in [3.05, 3.63) is 0 Å². The van der Waals surface area contributed by atoms with Crippen molar-refractivity contribution < 1.29 is 9.57 Å². The van der Waals surface area contributed by atoms with E-state index in [4.69, 9.17) is 9.57 Å². The molecule has 1 heterocycles. The highest BCUT2D eigenvalue weighted by atomic mass is 16.7. The number of nitrogens with one attached hydrogen (secondary N) is 1. The highest BCUT2D eigenvalue weighted by Crippen LogP contribution is 2.33. The third kappa shape index (κ3) is 2.92. The summed E-state index contributed by atoms with van der Waals surface area (Å²) in [4.78, 5) is 9.76. The highest BCUT2D eigenvalue weighted by molar-refractivity contribution is 5.77. The number of methoxy groups -OCH3 is 1. The van der Waals surface area contributed by atoms with Crippen molar-refractivity contribution in [1.29, 1.82) is 0 Å². The molecule has 0 aromatic rings. The van der Waals surface area contributed by atoms with E-state index >= 15 is 0 Å². The third-order valence-electron chi connectivity index (χ3n) is 3.20. The van der Waals surface area contributed by atoms with Crippen LogP contribution in [0, 0.1) is 11.8 Å². The minimum Gasteiger partial charge on any atom is -0.391 e. The molecular weight excluding hydrogens is 192 g/mol. The van der Waals surface area contributed by atoms with Gasteiger partial charge in [-0.25, -0.2) is 4.99 Å². The maximum atomic E-state index is 5.34. The number of nitrogens with zero attached hydrogens (tertiary/aromatic N) is 1. The minimum absolute atomic E-state index is 0.0103. The van der Waals surface area contributed by atoms with Crippen LogP contribution in [0.5, 0.6) is 0 Å². The van der Waals surface area contributed by atoms with Gasteiger partial charge in [-0.1, -0.05) is 13.3 Å². The molecule has 1 fully saturated rings. The number of hydroxylamine groups is 1. The molecule has 2 rings (SSSR count). The standard InChI is InChI=1S/C11H20N2O2/c1-8-3-4-9(5-8)6-11-12-10(7-14-2)13-15-11/h8-10,13H,3-7H2,1-2H3/t8-,9?,10?/m1/s1. The smallest absolute Gasteiger partial charge is 0.211 e. The summed E-state index contributed by atoms with van der Waals surface area (Å²) in [6.45, 7) is 2.90. The Morgan fingerprint density at radius 2 is 2.40 bits per heavy atom. The number of hydrogen-bond acceptors (Lipinski definition) is 4. The van der Waals surface area contributed by atoms with Crippen molar-refractivity contribution in [3.63, 3.8) is 0 Å². The summed E-state index contributed by atoms with van der Waals surface area (Å²) in [6, 6.07) is 0. The number of ether oxygens (including phenoxy) is 1. The molecule has 0 saturated heterocycles. The van der Waals surface area contributed by atoms with E-state index in [-0.39, 0.29) is 6.17 Å². The van der Waals surface area contributed by atoms with Crippen LogP contribution in [-0.4, -0.2) is 25.8 Å². The highest BCUT2D eigenvalue weighted by Gasteiger charge is 2.26. The predicted octanol–water partition coefficient (Wildman–Crippen LogP) is 1.72. The molecular formula is C11H20N2O2. The van der Waals surface area contributed by atoms with Crippen LogP contribution in [0.3, 0.4) is 0 Å². The van der Waals surface area contributed by atoms with E-state index < -0.39 is 0 Å². The second-order valence-corrected chi connectivity index (χ2v) is 4.70. The van der Waals surface area contributed by atoms with Crippen molar-refractivity contribution in [1.82, 2.24) is 5.48 Å². The van der Waals surface area contributed by atoms with E-state index in [0.29, 0.717) is 6.61 Å². The molecule has 3 atom stereocenters. The third-order valence-corrected chi connectivity index (χ3v) is 3.20. The van der Waals surface area contributed by atoms with Crippen LogP contribution >= 0.6 is 0 Å². The van der Waals surface area contributed by atoms with E-state index in [9.17, 15) is 0 Å². The molecule has 1 N–H and O–H groups in total. The topological polar surface area (TPSA) is 42.9 Å². The van der Waals surface area contributed by atoms with Gasteiger partial charge in [0.2, 0.25) is 5.90 Å². The maximum Gasteiger partial charge on any atom is 0.211 e.